The summed E-state index contributed by atoms with van der Waals surface area (Å²) >= 11 is 0.687. The maximum absolute atomic E-state index is 11.1. The zero-order valence-electron chi connectivity index (χ0n) is 27.2. The molecule has 264 valence electrons. The molecule has 7 N–H and O–H groups in total. The summed E-state index contributed by atoms with van der Waals surface area (Å²) in [5, 5.41) is 59.9. The number of aliphatic imine (C=N–C) groups is 1. The fourth-order valence-electron chi connectivity index (χ4n) is 3.77. The third-order valence-corrected chi connectivity index (χ3v) is 6.86. The number of aromatic nitrogens is 6. The van der Waals surface area contributed by atoms with Crippen LogP contribution in [-0.2, 0) is 19.5 Å². The first kappa shape index (κ1) is 45.1. The average Bonchev–Trinajstić information content (AvgIpc) is 3.04. The molecule has 0 spiro atoms. The molecule has 0 aliphatic carbocycles. The van der Waals surface area contributed by atoms with Gasteiger partial charge in [0.2, 0.25) is 29.7 Å². The fraction of sp³-hybridized carbons (Fsp3) is 0.458. The Kier molecular flexibility index (Phi) is 21.9. The van der Waals surface area contributed by atoms with Crippen molar-refractivity contribution < 1.29 is 85.7 Å². The summed E-state index contributed by atoms with van der Waals surface area (Å²) in [6, 6.07) is 6.74. The molecule has 26 heteroatoms. The third kappa shape index (κ3) is 16.4. The molecule has 0 bridgehead atoms. The number of anilines is 7. The van der Waals surface area contributed by atoms with Crippen LogP contribution in [0.4, 0.5) is 47.1 Å². The molecule has 1 aromatic carbocycles. The van der Waals surface area contributed by atoms with Crippen LogP contribution in [0.1, 0.15) is 0 Å². The van der Waals surface area contributed by atoms with Crippen LogP contribution in [0.25, 0.3) is 0 Å². The van der Waals surface area contributed by atoms with Gasteiger partial charge in [0.05, 0.1) is 48.1 Å². The van der Waals surface area contributed by atoms with Gasteiger partial charge in [0.15, 0.2) is 0 Å². The number of aliphatic hydroxyl groups excluding tert-OH is 4. The first-order valence-corrected chi connectivity index (χ1v) is 16.5. The van der Waals surface area contributed by atoms with Gasteiger partial charge < -0.3 is 56.0 Å². The van der Waals surface area contributed by atoms with E-state index in [0.29, 0.717) is 23.4 Å². The summed E-state index contributed by atoms with van der Waals surface area (Å²) in [5.41, 5.74) is 0.948. The number of nitrogens with zero attached hydrogens (tertiary/aromatic N) is 9. The molecule has 3 aromatic rings. The van der Waals surface area contributed by atoms with E-state index in [2.05, 4.69) is 60.2 Å². The molecule has 2 heterocycles. The standard InChI is InChI=1S/C24H36N12O10S2.2Li/c37-10-6-35(7-11-38)23-31-19(25-4-14-47-46-45-41)29-21(33-23)27-17-2-1-3-18(16-17)28-22-30-20(26-5-15-48(42,43)44)32-24(34-22)36(8-12-39)9-13-40;;/h1-4,16,37-41H,5-15H2,(H,42,43,44)(H,27,29,31,33)(H2,26,28,30,32,34);;/q;2*+1/p-2/b25-4-;;. The Balaban J connectivity index is 0.00000625. The van der Waals surface area contributed by atoms with Crippen molar-refractivity contribution in [1.29, 1.82) is 0 Å². The Labute approximate surface area is 315 Å². The van der Waals surface area contributed by atoms with E-state index in [9.17, 15) is 38.7 Å². The van der Waals surface area contributed by atoms with E-state index >= 15 is 0 Å². The molecular weight excluding hydrogens is 694 g/mol. The van der Waals surface area contributed by atoms with Gasteiger partial charge in [0.1, 0.15) is 0 Å². The van der Waals surface area contributed by atoms with Gasteiger partial charge in [0.25, 0.3) is 5.95 Å². The van der Waals surface area contributed by atoms with Crippen molar-refractivity contribution in [2.75, 3.05) is 96.4 Å². The van der Waals surface area contributed by atoms with Gasteiger partial charge in [-0.15, -0.1) is 0 Å². The molecule has 0 amide bonds. The van der Waals surface area contributed by atoms with E-state index in [4.69, 9.17) is 0 Å². The summed E-state index contributed by atoms with van der Waals surface area (Å²) in [5.74, 6) is -0.435. The SMILES string of the molecule is O=S(=O)([O-])CCNc1nc(Nc2cccc(Nc3nc(/N=C\CSOO[O-])nc(N(CCO)CCO)n3)c2)nc(N(CCO)CCO)n1.[Li+].[Li+]. The topological polar surface area (TPSA) is 312 Å². The Morgan fingerprint density at radius 2 is 1.34 bits per heavy atom. The van der Waals surface area contributed by atoms with Gasteiger partial charge >= 0.3 is 37.7 Å². The molecule has 2 aromatic heterocycles. The van der Waals surface area contributed by atoms with Crippen molar-refractivity contribution in [2.45, 2.75) is 0 Å². The smallest absolute Gasteiger partial charge is 0.748 e. The number of hydrogen-bond donors (Lipinski definition) is 7. The molecule has 0 atom stereocenters. The number of benzene rings is 1. The quantitative estimate of drug-likeness (QED) is 0.00907. The Morgan fingerprint density at radius 1 is 0.820 bits per heavy atom. The Bertz CT molecular complexity index is 1560. The first-order chi connectivity index (χ1) is 23.2. The molecule has 0 radical (unpaired) electrons. The predicted molar refractivity (Wildman–Crippen MR) is 171 cm³/mol. The summed E-state index contributed by atoms with van der Waals surface area (Å²) in [6.45, 7) is -0.918. The Morgan fingerprint density at radius 3 is 1.86 bits per heavy atom. The van der Waals surface area contributed by atoms with Crippen molar-refractivity contribution in [3.8, 4) is 0 Å². The largest absolute Gasteiger partial charge is 1.00 e. The predicted octanol–water partition coefficient (Wildman–Crippen LogP) is -8.34. The van der Waals surface area contributed by atoms with Gasteiger partial charge in [-0.1, -0.05) is 6.07 Å². The second-order valence-electron chi connectivity index (χ2n) is 9.16. The monoisotopic (exact) mass is 728 g/mol. The van der Waals surface area contributed by atoms with E-state index in [-0.39, 0.29) is 138 Å². The molecule has 50 heavy (non-hydrogen) atoms. The number of rotatable bonds is 23. The van der Waals surface area contributed by atoms with E-state index in [0.717, 1.165) is 0 Å². The number of nitrogens with one attached hydrogen (secondary N) is 3. The minimum atomic E-state index is -4.50. The molecule has 0 aliphatic rings. The summed E-state index contributed by atoms with van der Waals surface area (Å²) in [6.07, 6.45) is 1.37. The molecule has 0 saturated heterocycles. The summed E-state index contributed by atoms with van der Waals surface area (Å²) in [4.78, 5) is 32.9. The fourth-order valence-corrected chi connectivity index (χ4v) is 4.36. The van der Waals surface area contributed by atoms with Crippen LogP contribution in [0.15, 0.2) is 29.3 Å². The zero-order chi connectivity index (χ0) is 34.8. The van der Waals surface area contributed by atoms with Crippen LogP contribution in [0, 0.1) is 0 Å². The minimum absolute atomic E-state index is 0. The zero-order valence-corrected chi connectivity index (χ0v) is 28.9. The van der Waals surface area contributed by atoms with Crippen LogP contribution in [0.5, 0.6) is 0 Å². The van der Waals surface area contributed by atoms with Crippen molar-refractivity contribution >= 4 is 75.4 Å². The molecular formula is C24H34Li2N12O10S2. The van der Waals surface area contributed by atoms with Gasteiger partial charge in [-0.2, -0.15) is 34.2 Å². The molecule has 0 saturated carbocycles. The van der Waals surface area contributed by atoms with Gasteiger partial charge in [-0.05, 0) is 18.2 Å². The van der Waals surface area contributed by atoms with Crippen LogP contribution in [0.3, 0.4) is 0 Å². The van der Waals surface area contributed by atoms with Gasteiger partial charge in [-0.25, -0.2) is 13.4 Å². The maximum atomic E-state index is 11.1. The molecule has 0 unspecified atom stereocenters. The van der Waals surface area contributed by atoms with Gasteiger partial charge in [-0.3, -0.25) is 5.04 Å². The van der Waals surface area contributed by atoms with Crippen molar-refractivity contribution in [1.82, 2.24) is 29.9 Å². The second-order valence-corrected chi connectivity index (χ2v) is 11.4. The summed E-state index contributed by atoms with van der Waals surface area (Å²) < 4.78 is 37.4. The molecule has 0 fully saturated rings. The maximum Gasteiger partial charge on any atom is 1.00 e. The molecule has 0 aliphatic heterocycles. The van der Waals surface area contributed by atoms with Gasteiger partial charge in [0, 0.05) is 62.4 Å². The molecule has 3 rings (SSSR count). The Hall–Kier alpha value is -2.92. The minimum Gasteiger partial charge on any atom is -0.748 e. The average molecular weight is 729 g/mol. The summed E-state index contributed by atoms with van der Waals surface area (Å²) in [7, 11) is -4.50. The van der Waals surface area contributed by atoms with E-state index in [1.54, 1.807) is 24.3 Å². The van der Waals surface area contributed by atoms with Crippen LogP contribution < -0.4 is 68.7 Å². The third-order valence-electron chi connectivity index (χ3n) is 5.72. The van der Waals surface area contributed by atoms with Crippen molar-refractivity contribution in [3.05, 3.63) is 24.3 Å². The normalized spacial score (nSPS) is 11.1. The van der Waals surface area contributed by atoms with Crippen molar-refractivity contribution in [3.63, 3.8) is 0 Å². The van der Waals surface area contributed by atoms with Crippen LogP contribution in [0.2, 0.25) is 0 Å². The van der Waals surface area contributed by atoms with Crippen LogP contribution in [-0.4, -0.2) is 140 Å². The van der Waals surface area contributed by atoms with E-state index < -0.39 is 15.9 Å². The first-order valence-electron chi connectivity index (χ1n) is 14.1. The van der Waals surface area contributed by atoms with Crippen molar-refractivity contribution in [2.24, 2.45) is 4.99 Å². The number of hydrogen-bond acceptors (Lipinski definition) is 23. The van der Waals surface area contributed by atoms with E-state index in [1.165, 1.54) is 16.0 Å². The van der Waals surface area contributed by atoms with Crippen LogP contribution >= 0.6 is 12.0 Å². The number of aliphatic hydroxyl groups is 4. The molecule has 22 nitrogen and oxygen atoms in total. The van der Waals surface area contributed by atoms with E-state index in [1.807, 2.05) is 0 Å². The second kappa shape index (κ2) is 24.3.